The smallest absolute Gasteiger partial charge is 0.337 e. The van der Waals surface area contributed by atoms with E-state index < -0.39 is 5.97 Å². The molecular formula is C14H17NO2. The fourth-order valence-electron chi connectivity index (χ4n) is 2.16. The third kappa shape index (κ3) is 1.82. The number of hydrogen-bond acceptors (Lipinski definition) is 1. The molecule has 0 atom stereocenters. The molecule has 0 unspecified atom stereocenters. The lowest BCUT2D eigenvalue weighted by molar-refractivity contribution is 0.0698. The number of carbonyl (C=O) groups is 1. The summed E-state index contributed by atoms with van der Waals surface area (Å²) in [6, 6.07) is 5.90. The van der Waals surface area contributed by atoms with Gasteiger partial charge in [0, 0.05) is 18.1 Å². The number of nitrogens with zero attached hydrogens (tertiary/aromatic N) is 1. The van der Waals surface area contributed by atoms with Crippen LogP contribution in [0.4, 0.5) is 0 Å². The molecule has 0 bridgehead atoms. The highest BCUT2D eigenvalue weighted by atomic mass is 16.4. The quantitative estimate of drug-likeness (QED) is 0.861. The molecule has 0 spiro atoms. The highest BCUT2D eigenvalue weighted by molar-refractivity contribution is 6.03. The maximum atomic E-state index is 11.3. The summed E-state index contributed by atoms with van der Waals surface area (Å²) in [6.07, 6.45) is 0. The molecule has 3 nitrogen and oxygen atoms in total. The number of aromatic carboxylic acids is 1. The molecule has 0 saturated carbocycles. The monoisotopic (exact) mass is 231 g/mol. The zero-order valence-electron chi connectivity index (χ0n) is 10.6. The Morgan fingerprint density at radius 1 is 1.29 bits per heavy atom. The van der Waals surface area contributed by atoms with Crippen molar-refractivity contribution in [2.45, 2.75) is 26.7 Å². The zero-order valence-corrected chi connectivity index (χ0v) is 10.6. The van der Waals surface area contributed by atoms with Crippen molar-refractivity contribution in [2.75, 3.05) is 0 Å². The van der Waals surface area contributed by atoms with Crippen molar-refractivity contribution < 1.29 is 9.90 Å². The molecule has 2 rings (SSSR count). The summed E-state index contributed by atoms with van der Waals surface area (Å²) in [6.45, 7) is 6.13. The van der Waals surface area contributed by atoms with E-state index in [0.29, 0.717) is 11.5 Å². The Hall–Kier alpha value is -1.77. The third-order valence-electron chi connectivity index (χ3n) is 3.29. The van der Waals surface area contributed by atoms with E-state index in [1.165, 1.54) is 0 Å². The van der Waals surface area contributed by atoms with Crippen LogP contribution in [0.1, 0.15) is 41.4 Å². The standard InChI is InChI=1S/C14H17NO2/c1-8(2)10-6-11-5-9(3)15(4)13(11)12(7-10)14(16)17/h5-8H,1-4H3,(H,16,17). The Morgan fingerprint density at radius 3 is 2.47 bits per heavy atom. The van der Waals surface area contributed by atoms with Gasteiger partial charge in [-0.25, -0.2) is 4.79 Å². The molecule has 17 heavy (non-hydrogen) atoms. The Labute approximate surface area is 101 Å². The highest BCUT2D eigenvalue weighted by Gasteiger charge is 2.15. The molecule has 90 valence electrons. The van der Waals surface area contributed by atoms with Gasteiger partial charge in [0.15, 0.2) is 0 Å². The predicted molar refractivity (Wildman–Crippen MR) is 68.7 cm³/mol. The molecular weight excluding hydrogens is 214 g/mol. The topological polar surface area (TPSA) is 42.2 Å². The van der Waals surface area contributed by atoms with Crippen LogP contribution in [-0.4, -0.2) is 15.6 Å². The number of fused-ring (bicyclic) bond motifs is 1. The summed E-state index contributed by atoms with van der Waals surface area (Å²) < 4.78 is 1.93. The minimum Gasteiger partial charge on any atom is -0.478 e. The van der Waals surface area contributed by atoms with Gasteiger partial charge in [0.05, 0.1) is 11.1 Å². The number of carboxylic acids is 1. The van der Waals surface area contributed by atoms with Crippen molar-refractivity contribution in [3.05, 3.63) is 35.0 Å². The van der Waals surface area contributed by atoms with Crippen LogP contribution in [-0.2, 0) is 7.05 Å². The minimum absolute atomic E-state index is 0.331. The van der Waals surface area contributed by atoms with Crippen molar-refractivity contribution in [3.63, 3.8) is 0 Å². The van der Waals surface area contributed by atoms with Gasteiger partial charge in [-0.1, -0.05) is 13.8 Å². The molecule has 2 aromatic rings. The molecule has 3 heteroatoms. The molecule has 0 amide bonds. The van der Waals surface area contributed by atoms with E-state index in [1.807, 2.05) is 24.6 Å². The first-order valence-electron chi connectivity index (χ1n) is 5.75. The van der Waals surface area contributed by atoms with E-state index in [-0.39, 0.29) is 0 Å². The molecule has 1 heterocycles. The fourth-order valence-corrected chi connectivity index (χ4v) is 2.16. The molecule has 0 aliphatic rings. The average molecular weight is 231 g/mol. The van der Waals surface area contributed by atoms with Gasteiger partial charge in [0.2, 0.25) is 0 Å². The number of carboxylic acid groups (broad SMARTS) is 1. The minimum atomic E-state index is -0.862. The lowest BCUT2D eigenvalue weighted by atomic mass is 9.98. The summed E-state index contributed by atoms with van der Waals surface area (Å²) in [5.41, 5.74) is 3.34. The highest BCUT2D eigenvalue weighted by Crippen LogP contribution is 2.27. The van der Waals surface area contributed by atoms with Crippen molar-refractivity contribution in [3.8, 4) is 0 Å². The number of aryl methyl sites for hydroxylation is 2. The van der Waals surface area contributed by atoms with Gasteiger partial charge in [0.25, 0.3) is 0 Å². The van der Waals surface area contributed by atoms with Crippen LogP contribution in [0, 0.1) is 6.92 Å². The van der Waals surface area contributed by atoms with Gasteiger partial charge in [-0.15, -0.1) is 0 Å². The van der Waals surface area contributed by atoms with Gasteiger partial charge < -0.3 is 9.67 Å². The first-order chi connectivity index (χ1) is 7.91. The van der Waals surface area contributed by atoms with E-state index in [9.17, 15) is 9.90 Å². The first kappa shape index (κ1) is 11.7. The summed E-state index contributed by atoms with van der Waals surface area (Å²) in [5.74, 6) is -0.531. The maximum absolute atomic E-state index is 11.3. The SMILES string of the molecule is Cc1cc2cc(C(C)C)cc(C(=O)O)c2n1C. The summed E-state index contributed by atoms with van der Waals surface area (Å²) in [7, 11) is 1.90. The molecule has 0 radical (unpaired) electrons. The molecule has 0 fully saturated rings. The van der Waals surface area contributed by atoms with Crippen LogP contribution in [0.15, 0.2) is 18.2 Å². The van der Waals surface area contributed by atoms with Crippen LogP contribution in [0.25, 0.3) is 10.9 Å². The lowest BCUT2D eigenvalue weighted by Gasteiger charge is -2.09. The molecule has 1 aromatic carbocycles. The second-order valence-electron chi connectivity index (χ2n) is 4.81. The van der Waals surface area contributed by atoms with Gasteiger partial charge in [-0.2, -0.15) is 0 Å². The molecule has 0 saturated heterocycles. The second kappa shape index (κ2) is 3.91. The van der Waals surface area contributed by atoms with Gasteiger partial charge in [-0.3, -0.25) is 0 Å². The van der Waals surface area contributed by atoms with E-state index in [4.69, 9.17) is 0 Å². The van der Waals surface area contributed by atoms with Gasteiger partial charge in [0.1, 0.15) is 0 Å². The Morgan fingerprint density at radius 2 is 1.94 bits per heavy atom. The Kier molecular flexibility index (Phi) is 2.69. The van der Waals surface area contributed by atoms with E-state index in [1.54, 1.807) is 6.07 Å². The summed E-state index contributed by atoms with van der Waals surface area (Å²) >= 11 is 0. The van der Waals surface area contributed by atoms with Crippen LogP contribution < -0.4 is 0 Å². The number of aromatic nitrogens is 1. The van der Waals surface area contributed by atoms with Gasteiger partial charge >= 0.3 is 5.97 Å². The van der Waals surface area contributed by atoms with E-state index in [0.717, 1.165) is 22.2 Å². The predicted octanol–water partition coefficient (Wildman–Crippen LogP) is 3.31. The maximum Gasteiger partial charge on any atom is 0.337 e. The Balaban J connectivity index is 2.86. The number of rotatable bonds is 2. The van der Waals surface area contributed by atoms with E-state index in [2.05, 4.69) is 19.9 Å². The van der Waals surface area contributed by atoms with Crippen molar-refractivity contribution in [1.29, 1.82) is 0 Å². The molecule has 1 N–H and O–H groups in total. The molecule has 0 aliphatic heterocycles. The summed E-state index contributed by atoms with van der Waals surface area (Å²) in [4.78, 5) is 11.3. The fraction of sp³-hybridized carbons (Fsp3) is 0.357. The second-order valence-corrected chi connectivity index (χ2v) is 4.81. The van der Waals surface area contributed by atoms with Gasteiger partial charge in [-0.05, 0) is 36.6 Å². The number of benzene rings is 1. The third-order valence-corrected chi connectivity index (χ3v) is 3.29. The normalized spacial score (nSPS) is 11.4. The largest absolute Gasteiger partial charge is 0.478 e. The molecule has 1 aromatic heterocycles. The average Bonchev–Trinajstić information content (AvgIpc) is 2.53. The lowest BCUT2D eigenvalue weighted by Crippen LogP contribution is -2.03. The van der Waals surface area contributed by atoms with Crippen molar-refractivity contribution in [2.24, 2.45) is 7.05 Å². The van der Waals surface area contributed by atoms with Crippen LogP contribution in [0.5, 0.6) is 0 Å². The molecule has 0 aliphatic carbocycles. The van der Waals surface area contributed by atoms with Crippen LogP contribution >= 0.6 is 0 Å². The van der Waals surface area contributed by atoms with Crippen LogP contribution in [0.2, 0.25) is 0 Å². The first-order valence-corrected chi connectivity index (χ1v) is 5.75. The van der Waals surface area contributed by atoms with Crippen LogP contribution in [0.3, 0.4) is 0 Å². The summed E-state index contributed by atoms with van der Waals surface area (Å²) in [5, 5.41) is 10.3. The zero-order chi connectivity index (χ0) is 12.7. The van der Waals surface area contributed by atoms with Crippen molar-refractivity contribution >= 4 is 16.9 Å². The Bertz CT molecular complexity index is 594. The number of hydrogen-bond donors (Lipinski definition) is 1. The van der Waals surface area contributed by atoms with E-state index >= 15 is 0 Å². The van der Waals surface area contributed by atoms with Crippen molar-refractivity contribution in [1.82, 2.24) is 4.57 Å².